The molecule has 2 aromatic heterocycles. The minimum absolute atomic E-state index is 0.0429. The van der Waals surface area contributed by atoms with Gasteiger partial charge < -0.3 is 9.84 Å². The number of rotatable bonds is 7. The van der Waals surface area contributed by atoms with Crippen LogP contribution in [0.25, 0.3) is 11.0 Å². The first-order valence-electron chi connectivity index (χ1n) is 7.55. The molecule has 0 spiro atoms. The fourth-order valence-electron chi connectivity index (χ4n) is 2.13. The predicted molar refractivity (Wildman–Crippen MR) is 85.3 cm³/mol. The molecule has 0 saturated heterocycles. The van der Waals surface area contributed by atoms with Crippen LogP contribution in [-0.4, -0.2) is 44.5 Å². The summed E-state index contributed by atoms with van der Waals surface area (Å²) in [6, 6.07) is 0.751. The SMILES string of the molecule is CCOC(=O)CC(C#N)N=Nc1c(C(=O)O)cnc2c1cnn2CC. The molecule has 0 aromatic carbocycles. The van der Waals surface area contributed by atoms with Crippen molar-refractivity contribution in [3.8, 4) is 6.07 Å². The molecule has 2 aromatic rings. The number of aromatic nitrogens is 3. The van der Waals surface area contributed by atoms with Crippen LogP contribution in [0, 0.1) is 11.3 Å². The lowest BCUT2D eigenvalue weighted by Crippen LogP contribution is -2.12. The lowest BCUT2D eigenvalue weighted by Gasteiger charge is -2.05. The maximum atomic E-state index is 11.5. The minimum atomic E-state index is -1.23. The molecular formula is C15H16N6O4. The summed E-state index contributed by atoms with van der Waals surface area (Å²) in [7, 11) is 0. The summed E-state index contributed by atoms with van der Waals surface area (Å²) < 4.78 is 6.35. The quantitative estimate of drug-likeness (QED) is 0.598. The van der Waals surface area contributed by atoms with Gasteiger partial charge in [-0.05, 0) is 13.8 Å². The fourth-order valence-corrected chi connectivity index (χ4v) is 2.13. The van der Waals surface area contributed by atoms with Crippen LogP contribution < -0.4 is 0 Å². The summed E-state index contributed by atoms with van der Waals surface area (Å²) in [4.78, 5) is 27.0. The number of esters is 1. The molecule has 0 saturated carbocycles. The monoisotopic (exact) mass is 344 g/mol. The van der Waals surface area contributed by atoms with E-state index in [2.05, 4.69) is 20.3 Å². The number of carboxylic acid groups (broad SMARTS) is 1. The molecule has 10 nitrogen and oxygen atoms in total. The lowest BCUT2D eigenvalue weighted by atomic mass is 10.2. The Morgan fingerprint density at radius 2 is 2.20 bits per heavy atom. The number of carboxylic acids is 1. The smallest absolute Gasteiger partial charge is 0.339 e. The standard InChI is InChI=1S/C15H16N6O4/c1-3-21-14-10(8-18-21)13(11(7-17-14)15(23)24)20-19-9(6-16)5-12(22)25-4-2/h7-9H,3-5H2,1-2H3,(H,23,24). The Labute approximate surface area is 142 Å². The highest BCUT2D eigenvalue weighted by atomic mass is 16.5. The number of ether oxygens (including phenoxy) is 1. The van der Waals surface area contributed by atoms with Crippen LogP contribution in [-0.2, 0) is 16.1 Å². The van der Waals surface area contributed by atoms with E-state index in [1.54, 1.807) is 11.6 Å². The van der Waals surface area contributed by atoms with Gasteiger partial charge in [0.2, 0.25) is 0 Å². The van der Waals surface area contributed by atoms with Gasteiger partial charge in [0.25, 0.3) is 0 Å². The molecule has 2 rings (SSSR count). The molecule has 0 fully saturated rings. The second kappa shape index (κ2) is 7.96. The molecule has 1 atom stereocenters. The molecule has 1 unspecified atom stereocenters. The normalized spacial score (nSPS) is 12.2. The summed E-state index contributed by atoms with van der Waals surface area (Å²) in [6.45, 7) is 4.26. The molecular weight excluding hydrogens is 328 g/mol. The van der Waals surface area contributed by atoms with Crippen LogP contribution >= 0.6 is 0 Å². The number of carbonyl (C=O) groups is 2. The average Bonchev–Trinajstić information content (AvgIpc) is 3.01. The van der Waals surface area contributed by atoms with E-state index in [1.165, 1.54) is 12.4 Å². The minimum Gasteiger partial charge on any atom is -0.478 e. The Kier molecular flexibility index (Phi) is 5.73. The molecule has 0 amide bonds. The number of fused-ring (bicyclic) bond motifs is 1. The van der Waals surface area contributed by atoms with Gasteiger partial charge in [-0.1, -0.05) is 0 Å². The maximum Gasteiger partial charge on any atom is 0.339 e. The van der Waals surface area contributed by atoms with E-state index in [1.807, 2.05) is 13.0 Å². The van der Waals surface area contributed by atoms with Crippen LogP contribution in [0.2, 0.25) is 0 Å². The van der Waals surface area contributed by atoms with Crippen molar-refractivity contribution >= 4 is 28.7 Å². The Morgan fingerprint density at radius 1 is 1.44 bits per heavy atom. The zero-order valence-corrected chi connectivity index (χ0v) is 13.7. The zero-order chi connectivity index (χ0) is 18.4. The van der Waals surface area contributed by atoms with Crippen molar-refractivity contribution in [1.82, 2.24) is 14.8 Å². The van der Waals surface area contributed by atoms with E-state index >= 15 is 0 Å². The topological polar surface area (TPSA) is 143 Å². The Hall–Kier alpha value is -3.35. The number of hydrogen-bond donors (Lipinski definition) is 1. The van der Waals surface area contributed by atoms with Crippen molar-refractivity contribution in [2.45, 2.75) is 32.9 Å². The second-order valence-corrected chi connectivity index (χ2v) is 4.89. The van der Waals surface area contributed by atoms with Crippen LogP contribution in [0.5, 0.6) is 0 Å². The van der Waals surface area contributed by atoms with Crippen molar-refractivity contribution in [3.05, 3.63) is 18.0 Å². The van der Waals surface area contributed by atoms with E-state index < -0.39 is 18.0 Å². The third-order valence-corrected chi connectivity index (χ3v) is 3.28. The largest absolute Gasteiger partial charge is 0.478 e. The van der Waals surface area contributed by atoms with Crippen LogP contribution in [0.4, 0.5) is 5.69 Å². The molecule has 0 radical (unpaired) electrons. The molecule has 0 aliphatic rings. The van der Waals surface area contributed by atoms with Crippen molar-refractivity contribution in [2.75, 3.05) is 6.61 Å². The molecule has 2 heterocycles. The number of nitrogens with zero attached hydrogens (tertiary/aromatic N) is 6. The van der Waals surface area contributed by atoms with Gasteiger partial charge in [-0.25, -0.2) is 14.5 Å². The van der Waals surface area contributed by atoms with E-state index in [0.29, 0.717) is 17.6 Å². The molecule has 10 heteroatoms. The highest BCUT2D eigenvalue weighted by molar-refractivity contribution is 6.01. The average molecular weight is 344 g/mol. The first kappa shape index (κ1) is 18.0. The molecule has 0 aliphatic heterocycles. The summed E-state index contributed by atoms with van der Waals surface area (Å²) in [5.74, 6) is -1.81. The molecule has 25 heavy (non-hydrogen) atoms. The number of carbonyl (C=O) groups excluding carboxylic acids is 1. The lowest BCUT2D eigenvalue weighted by molar-refractivity contribution is -0.143. The number of aryl methyl sites for hydroxylation is 1. The zero-order valence-electron chi connectivity index (χ0n) is 13.7. The predicted octanol–water partition coefficient (Wildman–Crippen LogP) is 2.08. The highest BCUT2D eigenvalue weighted by Crippen LogP contribution is 2.29. The van der Waals surface area contributed by atoms with Crippen molar-refractivity contribution in [3.63, 3.8) is 0 Å². The van der Waals surface area contributed by atoms with E-state index in [4.69, 9.17) is 10.00 Å². The van der Waals surface area contributed by atoms with Crippen molar-refractivity contribution < 1.29 is 19.4 Å². The Balaban J connectivity index is 2.42. The van der Waals surface area contributed by atoms with Crippen molar-refractivity contribution in [2.24, 2.45) is 10.2 Å². The van der Waals surface area contributed by atoms with E-state index in [-0.39, 0.29) is 24.3 Å². The summed E-state index contributed by atoms with van der Waals surface area (Å²) in [5.41, 5.74) is 0.335. The second-order valence-electron chi connectivity index (χ2n) is 4.89. The van der Waals surface area contributed by atoms with Gasteiger partial charge >= 0.3 is 11.9 Å². The third-order valence-electron chi connectivity index (χ3n) is 3.28. The van der Waals surface area contributed by atoms with Gasteiger partial charge in [0.1, 0.15) is 11.3 Å². The van der Waals surface area contributed by atoms with Crippen LogP contribution in [0.3, 0.4) is 0 Å². The molecule has 1 N–H and O–H groups in total. The fraction of sp³-hybridized carbons (Fsp3) is 0.400. The number of azo groups is 1. The van der Waals surface area contributed by atoms with Gasteiger partial charge in [0.05, 0.1) is 30.7 Å². The first-order valence-corrected chi connectivity index (χ1v) is 7.55. The van der Waals surface area contributed by atoms with Crippen LogP contribution in [0.1, 0.15) is 30.6 Å². The summed E-state index contributed by atoms with van der Waals surface area (Å²) in [6.07, 6.45) is 2.34. The molecule has 0 aliphatic carbocycles. The van der Waals surface area contributed by atoms with Crippen LogP contribution in [0.15, 0.2) is 22.6 Å². The van der Waals surface area contributed by atoms with E-state index in [9.17, 15) is 14.7 Å². The summed E-state index contributed by atoms with van der Waals surface area (Å²) in [5, 5.41) is 30.6. The van der Waals surface area contributed by atoms with Gasteiger partial charge in [-0.3, -0.25) is 4.79 Å². The Morgan fingerprint density at radius 3 is 2.80 bits per heavy atom. The number of nitriles is 1. The third kappa shape index (κ3) is 3.95. The maximum absolute atomic E-state index is 11.5. The Bertz CT molecular complexity index is 867. The number of aromatic carboxylic acids is 1. The summed E-state index contributed by atoms with van der Waals surface area (Å²) >= 11 is 0. The van der Waals surface area contributed by atoms with Crippen molar-refractivity contribution in [1.29, 1.82) is 5.26 Å². The van der Waals surface area contributed by atoms with Gasteiger partial charge in [-0.2, -0.15) is 20.6 Å². The number of pyridine rings is 1. The first-order chi connectivity index (χ1) is 12.0. The van der Waals surface area contributed by atoms with Gasteiger partial charge in [0.15, 0.2) is 11.7 Å². The van der Waals surface area contributed by atoms with Gasteiger partial charge in [0, 0.05) is 12.7 Å². The molecule has 130 valence electrons. The number of hydrogen-bond acceptors (Lipinski definition) is 8. The highest BCUT2D eigenvalue weighted by Gasteiger charge is 2.19. The van der Waals surface area contributed by atoms with Gasteiger partial charge in [-0.15, -0.1) is 0 Å². The van der Waals surface area contributed by atoms with E-state index in [0.717, 1.165) is 0 Å². The molecule has 0 bridgehead atoms.